The summed E-state index contributed by atoms with van der Waals surface area (Å²) in [6, 6.07) is 16.3. The molecule has 3 aliphatic heterocycles. The Kier molecular flexibility index (Phi) is 10.2. The number of likely N-dealkylation sites (tertiary alicyclic amines) is 2. The Morgan fingerprint density at radius 2 is 1.27 bits per heavy atom. The number of fused-ring (bicyclic) bond motifs is 5. The molecule has 14 nitrogen and oxygen atoms in total. The van der Waals surface area contributed by atoms with Crippen molar-refractivity contribution in [2.24, 2.45) is 0 Å². The zero-order valence-electron chi connectivity index (χ0n) is 36.3. The summed E-state index contributed by atoms with van der Waals surface area (Å²) in [6.45, 7) is 12.3. The van der Waals surface area contributed by atoms with Crippen LogP contribution >= 0.6 is 0 Å². The van der Waals surface area contributed by atoms with E-state index in [4.69, 9.17) is 28.7 Å². The van der Waals surface area contributed by atoms with Crippen molar-refractivity contribution in [1.82, 2.24) is 34.3 Å². The van der Waals surface area contributed by atoms with Gasteiger partial charge >= 0.3 is 12.2 Å². The van der Waals surface area contributed by atoms with Gasteiger partial charge < -0.3 is 33.7 Å². The maximum Gasteiger partial charge on any atom is 0.410 e. The normalized spacial score (nSPS) is 18.7. The van der Waals surface area contributed by atoms with Crippen molar-refractivity contribution in [3.05, 3.63) is 90.0 Å². The average molecular weight is 846 g/mol. The summed E-state index contributed by atoms with van der Waals surface area (Å²) in [7, 11) is 3.16. The first-order valence-electron chi connectivity index (χ1n) is 21.1. The number of ether oxygens (including phenoxy) is 5. The van der Waals surface area contributed by atoms with Gasteiger partial charge in [0.15, 0.2) is 5.82 Å². The first-order chi connectivity index (χ1) is 29.6. The number of carbonyl (C=O) groups excluding carboxylic acids is 2. The predicted molar refractivity (Wildman–Crippen MR) is 231 cm³/mol. The summed E-state index contributed by atoms with van der Waals surface area (Å²) in [4.78, 5) is 45.9. The third-order valence-corrected chi connectivity index (χ3v) is 11.5. The van der Waals surface area contributed by atoms with Crippen molar-refractivity contribution < 1.29 is 37.7 Å². The molecule has 3 atom stereocenters. The fraction of sp³-hybridized carbons (Fsp3) is 0.404. The Bertz CT molecular complexity index is 2670. The first kappa shape index (κ1) is 40.9. The van der Waals surface area contributed by atoms with E-state index in [2.05, 4.69) is 15.0 Å². The molecule has 324 valence electrons. The monoisotopic (exact) mass is 845 g/mol. The topological polar surface area (TPSA) is 149 Å². The van der Waals surface area contributed by atoms with Crippen LogP contribution in [0.25, 0.3) is 44.7 Å². The number of benzene rings is 3. The molecule has 62 heavy (non-hydrogen) atoms. The second kappa shape index (κ2) is 15.4. The minimum absolute atomic E-state index is 0.252. The van der Waals surface area contributed by atoms with Crippen LogP contribution in [0, 0.1) is 5.82 Å². The lowest BCUT2D eigenvalue weighted by molar-refractivity contribution is 0.0208. The van der Waals surface area contributed by atoms with Gasteiger partial charge in [-0.15, -0.1) is 0 Å². The maximum atomic E-state index is 17.3. The number of halogens is 1. The molecule has 2 N–H and O–H groups in total. The molecular weight excluding hydrogens is 794 g/mol. The summed E-state index contributed by atoms with van der Waals surface area (Å²) in [5, 5.41) is 0.398. The second-order valence-corrected chi connectivity index (χ2v) is 18.1. The molecular formula is C47H52FN7O7. The number of H-pyrrole nitrogens is 2. The Balaban J connectivity index is 1.09. The number of imidazole rings is 2. The molecule has 3 aromatic carbocycles. The van der Waals surface area contributed by atoms with Crippen LogP contribution in [-0.2, 0) is 9.47 Å². The molecule has 2 fully saturated rings. The fourth-order valence-corrected chi connectivity index (χ4v) is 8.77. The number of aromatic nitrogens is 5. The third kappa shape index (κ3) is 7.57. The van der Waals surface area contributed by atoms with Gasteiger partial charge in [0.25, 0.3) is 0 Å². The van der Waals surface area contributed by atoms with Crippen molar-refractivity contribution in [1.29, 1.82) is 0 Å². The van der Waals surface area contributed by atoms with Gasteiger partial charge in [-0.1, -0.05) is 12.1 Å². The number of nitrogens with zero attached hydrogens (tertiary/aromatic N) is 5. The highest BCUT2D eigenvalue weighted by Crippen LogP contribution is 2.48. The summed E-state index contributed by atoms with van der Waals surface area (Å²) < 4.78 is 48.8. The molecule has 6 aromatic rings. The standard InChI is InChI=1S/C47H52FN7O7/c1-46(2,3)61-44(56)53-17-9-11-36(53)41-49-24-33(51-41)26-14-16-35-32(21-26)39(48)40-31-15-13-27(22-38(31)60-43(55(35)40)28-19-29(58-7)23-30(20-28)59-8)34-25-50-42(52-34)37-12-10-18-54(37)45(57)62-47(4,5)6/h13-16,19-25,36-37,43H,9-12,17-18H2,1-8H3,(H,49,51)(H,50,52)/t36-,37?,43?/m0/s1. The van der Waals surface area contributed by atoms with Crippen LogP contribution in [0.1, 0.15) is 103 Å². The molecule has 0 bridgehead atoms. The van der Waals surface area contributed by atoms with Crippen molar-refractivity contribution in [3.8, 4) is 51.0 Å². The lowest BCUT2D eigenvalue weighted by atomic mass is 10.0. The van der Waals surface area contributed by atoms with Crippen molar-refractivity contribution in [3.63, 3.8) is 0 Å². The Morgan fingerprint density at radius 3 is 1.81 bits per heavy atom. The van der Waals surface area contributed by atoms with Crippen LogP contribution in [0.5, 0.6) is 17.2 Å². The van der Waals surface area contributed by atoms with E-state index in [0.717, 1.165) is 42.5 Å². The van der Waals surface area contributed by atoms with Gasteiger partial charge in [0.2, 0.25) is 6.23 Å². The van der Waals surface area contributed by atoms with Gasteiger partial charge in [-0.3, -0.25) is 14.4 Å². The van der Waals surface area contributed by atoms with Crippen LogP contribution in [0.4, 0.5) is 14.0 Å². The van der Waals surface area contributed by atoms with E-state index in [9.17, 15) is 9.59 Å². The minimum Gasteiger partial charge on any atom is -0.497 e. The Labute approximate surface area is 359 Å². The first-order valence-corrected chi connectivity index (χ1v) is 21.1. The lowest BCUT2D eigenvalue weighted by Gasteiger charge is -2.31. The van der Waals surface area contributed by atoms with Gasteiger partial charge in [0, 0.05) is 46.8 Å². The number of aromatic amines is 2. The molecule has 0 saturated carbocycles. The van der Waals surface area contributed by atoms with Gasteiger partial charge in [0.05, 0.1) is 61.3 Å². The van der Waals surface area contributed by atoms with E-state index in [0.29, 0.717) is 75.4 Å². The molecule has 2 saturated heterocycles. The van der Waals surface area contributed by atoms with Crippen LogP contribution in [-0.4, -0.2) is 85.0 Å². The molecule has 6 heterocycles. The molecule has 15 heteroatoms. The average Bonchev–Trinajstić information content (AvgIpc) is 4.09. The molecule has 3 aromatic heterocycles. The van der Waals surface area contributed by atoms with Crippen LogP contribution in [0.3, 0.4) is 0 Å². The summed E-state index contributed by atoms with van der Waals surface area (Å²) in [5.41, 5.74) is 3.96. The molecule has 0 radical (unpaired) electrons. The molecule has 0 spiro atoms. The number of carbonyl (C=O) groups is 2. The molecule has 2 amide bonds. The van der Waals surface area contributed by atoms with Gasteiger partial charge in [-0.25, -0.2) is 23.9 Å². The third-order valence-electron chi connectivity index (χ3n) is 11.5. The number of amides is 2. The van der Waals surface area contributed by atoms with Crippen LogP contribution < -0.4 is 14.2 Å². The SMILES string of the molecule is COc1cc(OC)cc(C2Oc3cc(-c4cnc(C5CCCN5C(=O)OC(C)(C)C)[nH]4)ccc3-c3c(F)c4cc(-c5cnc([C@@H]6CCCN6C(=O)OC(C)(C)C)[nH]5)ccc4n32)c1. The van der Waals surface area contributed by atoms with E-state index in [-0.39, 0.29) is 24.3 Å². The zero-order chi connectivity index (χ0) is 43.7. The number of hydrogen-bond acceptors (Lipinski definition) is 9. The smallest absolute Gasteiger partial charge is 0.410 e. The van der Waals surface area contributed by atoms with Crippen LogP contribution in [0.2, 0.25) is 0 Å². The quantitative estimate of drug-likeness (QED) is 0.160. The largest absolute Gasteiger partial charge is 0.497 e. The number of nitrogens with one attached hydrogen (secondary N) is 2. The highest BCUT2D eigenvalue weighted by molar-refractivity contribution is 5.93. The molecule has 3 aliphatic rings. The highest BCUT2D eigenvalue weighted by atomic mass is 19.1. The Morgan fingerprint density at radius 1 is 0.742 bits per heavy atom. The van der Waals surface area contributed by atoms with Crippen molar-refractivity contribution >= 4 is 23.1 Å². The van der Waals surface area contributed by atoms with Crippen LogP contribution in [0.15, 0.2) is 67.0 Å². The predicted octanol–water partition coefficient (Wildman–Crippen LogP) is 10.3. The minimum atomic E-state index is -0.812. The van der Waals surface area contributed by atoms with Gasteiger partial charge in [-0.2, -0.15) is 0 Å². The highest BCUT2D eigenvalue weighted by Gasteiger charge is 2.38. The van der Waals surface area contributed by atoms with Crippen molar-refractivity contribution in [2.75, 3.05) is 27.3 Å². The fourth-order valence-electron chi connectivity index (χ4n) is 8.77. The zero-order valence-corrected chi connectivity index (χ0v) is 36.3. The van der Waals surface area contributed by atoms with E-state index in [1.54, 1.807) is 42.5 Å². The Hall–Kier alpha value is -6.51. The summed E-state index contributed by atoms with van der Waals surface area (Å²) in [6.07, 6.45) is 5.09. The lowest BCUT2D eigenvalue weighted by Crippen LogP contribution is -2.36. The van der Waals surface area contributed by atoms with E-state index >= 15 is 4.39 Å². The van der Waals surface area contributed by atoms with Gasteiger partial charge in [-0.05, 0) is 104 Å². The molecule has 2 unspecified atom stereocenters. The number of rotatable bonds is 7. The maximum absolute atomic E-state index is 17.3. The summed E-state index contributed by atoms with van der Waals surface area (Å²) in [5.74, 6) is 2.50. The number of methoxy groups -OCH3 is 2. The summed E-state index contributed by atoms with van der Waals surface area (Å²) >= 11 is 0. The number of hydrogen-bond donors (Lipinski definition) is 2. The molecule has 0 aliphatic carbocycles. The van der Waals surface area contributed by atoms with Gasteiger partial charge in [0.1, 0.15) is 40.1 Å². The van der Waals surface area contributed by atoms with E-state index in [1.807, 2.05) is 94.6 Å². The second-order valence-electron chi connectivity index (χ2n) is 18.1. The van der Waals surface area contributed by atoms with E-state index < -0.39 is 23.2 Å². The van der Waals surface area contributed by atoms with Crippen molar-refractivity contribution in [2.45, 2.75) is 96.7 Å². The van der Waals surface area contributed by atoms with E-state index in [1.165, 1.54) is 0 Å². The molecule has 9 rings (SSSR count).